The number of allylic oxidation sites excluding steroid dienone is 4. The first kappa shape index (κ1) is 21.3. The molecule has 1 atom stereocenters. The van der Waals surface area contributed by atoms with Gasteiger partial charge in [0.05, 0.1) is 5.25 Å². The molecule has 0 fully saturated rings. The number of furan rings is 1. The van der Waals surface area contributed by atoms with Gasteiger partial charge in [-0.15, -0.1) is 11.8 Å². The molecule has 0 saturated carbocycles. The Bertz CT molecular complexity index is 756. The quantitative estimate of drug-likeness (QED) is 0.489. The molecule has 1 aromatic carbocycles. The molecule has 0 amide bonds. The molecule has 1 aliphatic rings. The number of hydrogen-bond donors (Lipinski definition) is 0. The highest BCUT2D eigenvalue weighted by Gasteiger charge is 2.13. The summed E-state index contributed by atoms with van der Waals surface area (Å²) in [5.74, 6) is 2.45. The number of thioether (sulfide) groups is 1. The average molecular weight is 383 g/mol. The van der Waals surface area contributed by atoms with E-state index in [0.29, 0.717) is 11.7 Å². The normalized spacial score (nSPS) is 13.7. The van der Waals surface area contributed by atoms with Gasteiger partial charge in [0.15, 0.2) is 0 Å². The monoisotopic (exact) mass is 382 g/mol. The van der Waals surface area contributed by atoms with Gasteiger partial charge in [-0.05, 0) is 55.7 Å². The molecule has 0 N–H and O–H groups in total. The molecular weight excluding hydrogens is 352 g/mol. The van der Waals surface area contributed by atoms with E-state index < -0.39 is 0 Å². The van der Waals surface area contributed by atoms with Crippen molar-refractivity contribution < 1.29 is 9.21 Å². The topological polar surface area (TPSA) is 30.2 Å². The van der Waals surface area contributed by atoms with Crippen LogP contribution < -0.4 is 0 Å². The van der Waals surface area contributed by atoms with E-state index in [0.717, 1.165) is 37.2 Å². The number of Topliss-reactive ketones (excluding diaryl/α,β-unsaturated/α-hetero) is 1. The lowest BCUT2D eigenvalue weighted by atomic mass is 10.1. The largest absolute Gasteiger partial charge is 0.465 e. The zero-order valence-electron chi connectivity index (χ0n) is 16.6. The molecule has 0 spiro atoms. The fourth-order valence-electron chi connectivity index (χ4n) is 2.79. The minimum atomic E-state index is 0.283. The van der Waals surface area contributed by atoms with Crippen LogP contribution in [-0.2, 0) is 17.6 Å². The first-order valence-corrected chi connectivity index (χ1v) is 10.6. The molecule has 0 saturated heterocycles. The fraction of sp³-hybridized carbons (Fsp3) is 0.375. The van der Waals surface area contributed by atoms with E-state index in [1.807, 2.05) is 30.0 Å². The highest BCUT2D eigenvalue weighted by molar-refractivity contribution is 8.03. The first-order chi connectivity index (χ1) is 13.1. The molecular formula is C24H30O2S. The maximum atomic E-state index is 10.6. The highest BCUT2D eigenvalue weighted by atomic mass is 32.2. The average Bonchev–Trinajstić information content (AvgIpc) is 3.34. The summed E-state index contributed by atoms with van der Waals surface area (Å²) in [5.41, 5.74) is 1.32. The fourth-order valence-corrected chi connectivity index (χ4v) is 3.84. The molecule has 144 valence electrons. The smallest absolute Gasteiger partial charge is 0.129 e. The van der Waals surface area contributed by atoms with Crippen molar-refractivity contribution in [3.05, 3.63) is 82.7 Å². The van der Waals surface area contributed by atoms with Crippen molar-refractivity contribution in [2.24, 2.45) is 0 Å². The number of rotatable bonds is 8. The molecule has 1 unspecified atom stereocenters. The number of carbonyl (C=O) groups is 1. The maximum Gasteiger partial charge on any atom is 0.129 e. The molecule has 2 nitrogen and oxygen atoms in total. The number of benzene rings is 1. The van der Waals surface area contributed by atoms with Crippen molar-refractivity contribution in [2.45, 2.75) is 58.1 Å². The first-order valence-electron chi connectivity index (χ1n) is 9.72. The van der Waals surface area contributed by atoms with Crippen molar-refractivity contribution in [1.29, 1.82) is 0 Å². The molecule has 3 rings (SSSR count). The second kappa shape index (κ2) is 11.7. The second-order valence-electron chi connectivity index (χ2n) is 6.72. The van der Waals surface area contributed by atoms with Crippen molar-refractivity contribution in [3.8, 4) is 0 Å². The van der Waals surface area contributed by atoms with Gasteiger partial charge in [0.2, 0.25) is 0 Å². The zero-order valence-corrected chi connectivity index (χ0v) is 17.4. The van der Waals surface area contributed by atoms with Crippen LogP contribution in [0.5, 0.6) is 0 Å². The lowest BCUT2D eigenvalue weighted by molar-refractivity contribution is -0.117. The summed E-state index contributed by atoms with van der Waals surface area (Å²) in [6.45, 7) is 5.96. The van der Waals surface area contributed by atoms with E-state index in [9.17, 15) is 4.79 Å². The number of ketones is 1. The van der Waals surface area contributed by atoms with E-state index in [1.165, 1.54) is 10.5 Å². The minimum Gasteiger partial charge on any atom is -0.465 e. The summed E-state index contributed by atoms with van der Waals surface area (Å²) < 4.78 is 5.74. The Hall–Kier alpha value is -2.00. The van der Waals surface area contributed by atoms with Gasteiger partial charge in [-0.1, -0.05) is 55.5 Å². The van der Waals surface area contributed by atoms with Crippen molar-refractivity contribution in [2.75, 3.05) is 0 Å². The summed E-state index contributed by atoms with van der Waals surface area (Å²) in [6.07, 6.45) is 11.2. The summed E-state index contributed by atoms with van der Waals surface area (Å²) in [5, 5.41) is 0.413. The van der Waals surface area contributed by atoms with E-state index >= 15 is 0 Å². The summed E-state index contributed by atoms with van der Waals surface area (Å²) in [7, 11) is 0. The van der Waals surface area contributed by atoms with Gasteiger partial charge >= 0.3 is 0 Å². The van der Waals surface area contributed by atoms with Crippen LogP contribution in [-0.4, -0.2) is 5.78 Å². The van der Waals surface area contributed by atoms with Gasteiger partial charge in [-0.25, -0.2) is 0 Å². The van der Waals surface area contributed by atoms with E-state index in [2.05, 4.69) is 56.3 Å². The number of carbonyl (C=O) groups excluding carboxylic acids is 1. The van der Waals surface area contributed by atoms with Gasteiger partial charge in [-0.2, -0.15) is 0 Å². The summed E-state index contributed by atoms with van der Waals surface area (Å²) >= 11 is 1.89. The van der Waals surface area contributed by atoms with Crippen LogP contribution in [0.15, 0.2) is 70.0 Å². The SMILES string of the molecule is CC(=O)CCCc1ccccc1.CCc1ccc(C(C)SC2=CC=CC2)o1. The summed E-state index contributed by atoms with van der Waals surface area (Å²) in [4.78, 5) is 12.1. The van der Waals surface area contributed by atoms with Crippen LogP contribution in [0.25, 0.3) is 0 Å². The van der Waals surface area contributed by atoms with Crippen LogP contribution in [0.4, 0.5) is 0 Å². The standard InChI is InChI=1S/C13H16OS.C11H14O/c1-3-11-8-9-13(14-11)10(2)15-12-6-4-5-7-12;1-10(12)6-5-9-11-7-3-2-4-8-11/h4-6,8-10H,3,7H2,1-2H3;2-4,7-8H,5-6,9H2,1H3. The van der Waals surface area contributed by atoms with Crippen LogP contribution in [0.3, 0.4) is 0 Å². The molecule has 1 aliphatic carbocycles. The molecule has 0 aliphatic heterocycles. The zero-order chi connectivity index (χ0) is 19.5. The third-order valence-electron chi connectivity index (χ3n) is 4.33. The minimum absolute atomic E-state index is 0.283. The molecule has 0 radical (unpaired) electrons. The van der Waals surface area contributed by atoms with Crippen LogP contribution in [0.2, 0.25) is 0 Å². The van der Waals surface area contributed by atoms with Crippen molar-refractivity contribution in [1.82, 2.24) is 0 Å². The Morgan fingerprint density at radius 3 is 2.56 bits per heavy atom. The van der Waals surface area contributed by atoms with Crippen molar-refractivity contribution >= 4 is 17.5 Å². The van der Waals surface area contributed by atoms with Gasteiger partial charge in [-0.3, -0.25) is 0 Å². The molecule has 1 aromatic heterocycles. The van der Waals surface area contributed by atoms with E-state index in [-0.39, 0.29) is 5.78 Å². The molecule has 27 heavy (non-hydrogen) atoms. The lowest BCUT2D eigenvalue weighted by Gasteiger charge is -2.08. The number of aryl methyl sites for hydroxylation is 2. The summed E-state index contributed by atoms with van der Waals surface area (Å²) in [6, 6.07) is 14.4. The molecule has 3 heteroatoms. The van der Waals surface area contributed by atoms with Crippen molar-refractivity contribution in [3.63, 3.8) is 0 Å². The van der Waals surface area contributed by atoms with Gasteiger partial charge < -0.3 is 9.21 Å². The van der Waals surface area contributed by atoms with Crippen LogP contribution >= 0.6 is 11.8 Å². The maximum absolute atomic E-state index is 10.6. The lowest BCUT2D eigenvalue weighted by Crippen LogP contribution is -1.91. The molecule has 2 aromatic rings. The molecule has 1 heterocycles. The van der Waals surface area contributed by atoms with Crippen LogP contribution in [0.1, 0.15) is 62.4 Å². The van der Waals surface area contributed by atoms with Crippen LogP contribution in [0, 0.1) is 0 Å². The third-order valence-corrected chi connectivity index (χ3v) is 5.53. The third kappa shape index (κ3) is 8.04. The molecule has 0 bridgehead atoms. The van der Waals surface area contributed by atoms with E-state index in [1.54, 1.807) is 6.92 Å². The Morgan fingerprint density at radius 2 is 1.96 bits per heavy atom. The predicted octanol–water partition coefficient (Wildman–Crippen LogP) is 7.08. The predicted molar refractivity (Wildman–Crippen MR) is 116 cm³/mol. The Balaban J connectivity index is 0.000000199. The second-order valence-corrected chi connectivity index (χ2v) is 8.19. The number of hydrogen-bond acceptors (Lipinski definition) is 3. The Kier molecular flexibility index (Phi) is 9.20. The van der Waals surface area contributed by atoms with Gasteiger partial charge in [0.1, 0.15) is 17.3 Å². The Labute approximate surface area is 167 Å². The van der Waals surface area contributed by atoms with E-state index in [4.69, 9.17) is 4.42 Å². The Morgan fingerprint density at radius 1 is 1.19 bits per heavy atom. The van der Waals surface area contributed by atoms with Gasteiger partial charge in [0, 0.05) is 12.8 Å². The van der Waals surface area contributed by atoms with Gasteiger partial charge in [0.25, 0.3) is 0 Å². The highest BCUT2D eigenvalue weighted by Crippen LogP contribution is 2.38.